The highest BCUT2D eigenvalue weighted by atomic mass is 16.2. The average molecular weight is 220 g/mol. The molecule has 0 aliphatic carbocycles. The molecule has 0 saturated carbocycles. The van der Waals surface area contributed by atoms with E-state index in [1.54, 1.807) is 5.01 Å². The molecule has 0 atom stereocenters. The lowest BCUT2D eigenvalue weighted by Crippen LogP contribution is -2.36. The van der Waals surface area contributed by atoms with Crippen LogP contribution in [0.25, 0.3) is 0 Å². The van der Waals surface area contributed by atoms with Gasteiger partial charge in [0.1, 0.15) is 0 Å². The minimum absolute atomic E-state index is 0.0585. The maximum atomic E-state index is 11.4. The van der Waals surface area contributed by atoms with Crippen molar-refractivity contribution in [3.8, 4) is 0 Å². The van der Waals surface area contributed by atoms with E-state index in [-0.39, 0.29) is 5.91 Å². The summed E-state index contributed by atoms with van der Waals surface area (Å²) < 4.78 is 0. The van der Waals surface area contributed by atoms with E-state index in [1.165, 1.54) is 16.7 Å². The van der Waals surface area contributed by atoms with Gasteiger partial charge >= 0.3 is 0 Å². The van der Waals surface area contributed by atoms with Gasteiger partial charge in [-0.25, -0.2) is 5.01 Å². The fraction of sp³-hybridized carbons (Fsp3) is 0.462. The molecular formula is C13H20N2O. The van der Waals surface area contributed by atoms with Gasteiger partial charge in [-0.1, -0.05) is 18.2 Å². The van der Waals surface area contributed by atoms with Crippen LogP contribution >= 0.6 is 0 Å². The van der Waals surface area contributed by atoms with Gasteiger partial charge in [0.2, 0.25) is 5.91 Å². The fourth-order valence-electron chi connectivity index (χ4n) is 1.52. The van der Waals surface area contributed by atoms with E-state index in [4.69, 9.17) is 0 Å². The summed E-state index contributed by atoms with van der Waals surface area (Å²) in [5.74, 6) is 0.0585. The predicted octanol–water partition coefficient (Wildman–Crippen LogP) is 1.83. The monoisotopic (exact) mass is 220 g/mol. The highest BCUT2D eigenvalue weighted by Crippen LogP contribution is 2.11. The van der Waals surface area contributed by atoms with Crippen molar-refractivity contribution < 1.29 is 4.79 Å². The van der Waals surface area contributed by atoms with Gasteiger partial charge in [-0.2, -0.15) is 0 Å². The van der Waals surface area contributed by atoms with Crippen LogP contribution in [0, 0.1) is 13.8 Å². The molecule has 1 rings (SSSR count). The van der Waals surface area contributed by atoms with E-state index in [1.807, 2.05) is 14.1 Å². The molecule has 1 amide bonds. The summed E-state index contributed by atoms with van der Waals surface area (Å²) >= 11 is 0. The molecule has 0 radical (unpaired) electrons. The zero-order valence-electron chi connectivity index (χ0n) is 10.5. The number of carbonyl (C=O) groups excluding carboxylic acids is 1. The van der Waals surface area contributed by atoms with Crippen LogP contribution in [0.4, 0.5) is 0 Å². The third kappa shape index (κ3) is 4.03. The molecule has 0 spiro atoms. The summed E-state index contributed by atoms with van der Waals surface area (Å²) in [5.41, 5.74) is 6.53. The Balaban J connectivity index is 2.48. The molecular weight excluding hydrogens is 200 g/mol. The molecule has 0 aliphatic heterocycles. The molecule has 0 aliphatic rings. The first-order valence-corrected chi connectivity index (χ1v) is 5.52. The largest absolute Gasteiger partial charge is 0.289 e. The maximum Gasteiger partial charge on any atom is 0.234 e. The summed E-state index contributed by atoms with van der Waals surface area (Å²) in [7, 11) is 3.63. The van der Waals surface area contributed by atoms with Gasteiger partial charge in [0, 0.05) is 20.5 Å². The van der Waals surface area contributed by atoms with Crippen molar-refractivity contribution in [2.24, 2.45) is 0 Å². The van der Waals surface area contributed by atoms with Crippen molar-refractivity contribution in [1.29, 1.82) is 0 Å². The smallest absolute Gasteiger partial charge is 0.234 e. The van der Waals surface area contributed by atoms with Gasteiger partial charge < -0.3 is 0 Å². The van der Waals surface area contributed by atoms with Crippen LogP contribution in [-0.4, -0.2) is 25.0 Å². The fourth-order valence-corrected chi connectivity index (χ4v) is 1.52. The second kappa shape index (κ2) is 5.66. The Morgan fingerprint density at radius 3 is 2.50 bits per heavy atom. The van der Waals surface area contributed by atoms with Gasteiger partial charge in [-0.15, -0.1) is 0 Å². The van der Waals surface area contributed by atoms with E-state index in [2.05, 4.69) is 37.5 Å². The van der Waals surface area contributed by atoms with Crippen LogP contribution in [0.1, 0.15) is 23.1 Å². The highest BCUT2D eigenvalue weighted by molar-refractivity contribution is 5.75. The Morgan fingerprint density at radius 1 is 1.25 bits per heavy atom. The molecule has 1 aromatic carbocycles. The molecule has 3 heteroatoms. The van der Waals surface area contributed by atoms with Gasteiger partial charge in [0.25, 0.3) is 0 Å². The van der Waals surface area contributed by atoms with Crippen molar-refractivity contribution in [1.82, 2.24) is 10.4 Å². The standard InChI is InChI=1S/C13H20N2O/c1-10-5-6-12(9-11(10)2)7-8-13(16)14-15(3)4/h5-6,9H,7-8H2,1-4H3,(H,14,16). The van der Waals surface area contributed by atoms with Crippen molar-refractivity contribution in [2.75, 3.05) is 14.1 Å². The molecule has 3 nitrogen and oxygen atoms in total. The molecule has 1 aromatic rings. The molecule has 0 fully saturated rings. The van der Waals surface area contributed by atoms with Crippen LogP contribution < -0.4 is 5.43 Å². The first kappa shape index (κ1) is 12.7. The number of aryl methyl sites for hydroxylation is 3. The number of hydrogen-bond donors (Lipinski definition) is 1. The maximum absolute atomic E-state index is 11.4. The van der Waals surface area contributed by atoms with E-state index in [9.17, 15) is 4.79 Å². The van der Waals surface area contributed by atoms with E-state index in [0.29, 0.717) is 6.42 Å². The van der Waals surface area contributed by atoms with Crippen molar-refractivity contribution in [3.63, 3.8) is 0 Å². The van der Waals surface area contributed by atoms with E-state index < -0.39 is 0 Å². The Kier molecular flexibility index (Phi) is 4.50. The molecule has 0 saturated heterocycles. The van der Waals surface area contributed by atoms with Gasteiger partial charge in [0.05, 0.1) is 0 Å². The van der Waals surface area contributed by atoms with Gasteiger partial charge in [-0.05, 0) is 37.0 Å². The Hall–Kier alpha value is -1.35. The number of amides is 1. The summed E-state index contributed by atoms with van der Waals surface area (Å²) in [6.45, 7) is 4.19. The first-order chi connectivity index (χ1) is 7.49. The summed E-state index contributed by atoms with van der Waals surface area (Å²) in [5, 5.41) is 1.67. The molecule has 0 bridgehead atoms. The number of carbonyl (C=O) groups is 1. The topological polar surface area (TPSA) is 32.3 Å². The first-order valence-electron chi connectivity index (χ1n) is 5.52. The SMILES string of the molecule is Cc1ccc(CCC(=O)NN(C)C)cc1C. The summed E-state index contributed by atoms with van der Waals surface area (Å²) in [6, 6.07) is 6.35. The highest BCUT2D eigenvalue weighted by Gasteiger charge is 2.03. The summed E-state index contributed by atoms with van der Waals surface area (Å²) in [4.78, 5) is 11.4. The molecule has 0 unspecified atom stereocenters. The number of benzene rings is 1. The third-order valence-electron chi connectivity index (χ3n) is 2.56. The van der Waals surface area contributed by atoms with E-state index >= 15 is 0 Å². The number of hydrazine groups is 1. The number of nitrogens with one attached hydrogen (secondary N) is 1. The number of hydrogen-bond acceptors (Lipinski definition) is 2. The Morgan fingerprint density at radius 2 is 1.94 bits per heavy atom. The van der Waals surface area contributed by atoms with E-state index in [0.717, 1.165) is 6.42 Å². The Bertz CT molecular complexity index is 372. The minimum Gasteiger partial charge on any atom is -0.289 e. The molecule has 0 heterocycles. The third-order valence-corrected chi connectivity index (χ3v) is 2.56. The van der Waals surface area contributed by atoms with Crippen molar-refractivity contribution in [3.05, 3.63) is 34.9 Å². The van der Waals surface area contributed by atoms with Crippen molar-refractivity contribution >= 4 is 5.91 Å². The summed E-state index contributed by atoms with van der Waals surface area (Å²) in [6.07, 6.45) is 1.32. The second-order valence-electron chi connectivity index (χ2n) is 4.35. The minimum atomic E-state index is 0.0585. The quantitative estimate of drug-likeness (QED) is 0.785. The van der Waals surface area contributed by atoms with Crippen molar-refractivity contribution in [2.45, 2.75) is 26.7 Å². The lowest BCUT2D eigenvalue weighted by Gasteiger charge is -2.11. The zero-order chi connectivity index (χ0) is 12.1. The van der Waals surface area contributed by atoms with Crippen LogP contribution in [-0.2, 0) is 11.2 Å². The van der Waals surface area contributed by atoms with Gasteiger partial charge in [0.15, 0.2) is 0 Å². The molecule has 16 heavy (non-hydrogen) atoms. The Labute approximate surface area is 97.4 Å². The predicted molar refractivity (Wildman–Crippen MR) is 66.1 cm³/mol. The van der Waals surface area contributed by atoms with Gasteiger partial charge in [-0.3, -0.25) is 10.2 Å². The molecule has 1 N–H and O–H groups in total. The van der Waals surface area contributed by atoms with Crippen LogP contribution in [0.15, 0.2) is 18.2 Å². The lowest BCUT2D eigenvalue weighted by atomic mass is 10.0. The second-order valence-corrected chi connectivity index (χ2v) is 4.35. The number of rotatable bonds is 4. The zero-order valence-corrected chi connectivity index (χ0v) is 10.5. The average Bonchev–Trinajstić information content (AvgIpc) is 2.19. The molecule has 88 valence electrons. The number of nitrogens with zero attached hydrogens (tertiary/aromatic N) is 1. The molecule has 0 aromatic heterocycles. The van der Waals surface area contributed by atoms with Crippen LogP contribution in [0.5, 0.6) is 0 Å². The lowest BCUT2D eigenvalue weighted by molar-refractivity contribution is -0.124. The van der Waals surface area contributed by atoms with Crippen LogP contribution in [0.3, 0.4) is 0 Å². The normalized spacial score (nSPS) is 10.6. The van der Waals surface area contributed by atoms with Crippen LogP contribution in [0.2, 0.25) is 0 Å².